The summed E-state index contributed by atoms with van der Waals surface area (Å²) >= 11 is 0. The number of aromatic nitrogens is 5. The number of halogens is 1. The Hall–Kier alpha value is -3.68. The summed E-state index contributed by atoms with van der Waals surface area (Å²) in [6, 6.07) is 4.97. The van der Waals surface area contributed by atoms with Crippen LogP contribution in [0.3, 0.4) is 0 Å². The lowest BCUT2D eigenvalue weighted by molar-refractivity contribution is 0.0973. The molecule has 6 rings (SSSR count). The highest BCUT2D eigenvalue weighted by Gasteiger charge is 2.47. The monoisotopic (exact) mass is 489 g/mol. The number of ether oxygens (including phenoxy) is 2. The van der Waals surface area contributed by atoms with Crippen LogP contribution in [0.4, 0.5) is 10.3 Å². The maximum absolute atomic E-state index is 14.7. The molecule has 2 aliphatic heterocycles. The molecule has 2 atom stereocenters. The Balaban J connectivity index is 1.33. The molecule has 0 radical (unpaired) electrons. The molecule has 0 saturated carbocycles. The number of piperidine rings is 1. The molecule has 1 aromatic carbocycles. The van der Waals surface area contributed by atoms with Crippen LogP contribution in [-0.2, 0) is 4.74 Å². The Bertz CT molecular complexity index is 1490. The van der Waals surface area contributed by atoms with Crippen molar-refractivity contribution >= 4 is 22.6 Å². The first-order chi connectivity index (χ1) is 17.5. The van der Waals surface area contributed by atoms with E-state index in [4.69, 9.17) is 20.2 Å². The number of nitrogens with two attached hydrogens (primary N) is 1. The maximum Gasteiger partial charge on any atom is 0.213 e. The molecule has 186 valence electrons. The standard InChI is InChI=1S/C26H28FN7O2/c1-3-35-19-6-4-5-17(21(19)27)7-8-18-20-23(32-31-18)30-25(34-14-11-29-24(20)34)33-12-9-26(10-13-33)15-36-16(2)22(26)28/h4-6,11,14,16,22H,3,9-10,12-13,15,28H2,1-2H3,(H,31,32)/t16-,22+/m0/s1. The van der Waals surface area contributed by atoms with Crippen molar-refractivity contribution < 1.29 is 13.9 Å². The average molecular weight is 490 g/mol. The van der Waals surface area contributed by atoms with Gasteiger partial charge in [-0.05, 0) is 44.7 Å². The number of fused-ring (bicyclic) bond motifs is 3. The zero-order valence-corrected chi connectivity index (χ0v) is 20.3. The van der Waals surface area contributed by atoms with Gasteiger partial charge in [0.2, 0.25) is 5.95 Å². The smallest absolute Gasteiger partial charge is 0.213 e. The Morgan fingerprint density at radius 2 is 2.14 bits per heavy atom. The van der Waals surface area contributed by atoms with Crippen molar-refractivity contribution in [1.82, 2.24) is 24.6 Å². The molecule has 10 heteroatoms. The molecule has 0 bridgehead atoms. The second-order valence-electron chi connectivity index (χ2n) is 9.52. The van der Waals surface area contributed by atoms with Gasteiger partial charge in [-0.25, -0.2) is 9.37 Å². The first-order valence-electron chi connectivity index (χ1n) is 12.3. The van der Waals surface area contributed by atoms with Crippen LogP contribution in [0.15, 0.2) is 30.6 Å². The molecule has 2 fully saturated rings. The average Bonchev–Trinajstić information content (AvgIpc) is 3.60. The molecule has 36 heavy (non-hydrogen) atoms. The predicted octanol–water partition coefficient (Wildman–Crippen LogP) is 2.88. The van der Waals surface area contributed by atoms with E-state index < -0.39 is 5.82 Å². The zero-order chi connectivity index (χ0) is 24.9. The first-order valence-corrected chi connectivity index (χ1v) is 12.3. The predicted molar refractivity (Wildman–Crippen MR) is 133 cm³/mol. The molecular weight excluding hydrogens is 461 g/mol. The minimum Gasteiger partial charge on any atom is -0.491 e. The van der Waals surface area contributed by atoms with Gasteiger partial charge in [0.25, 0.3) is 0 Å². The number of hydrogen-bond donors (Lipinski definition) is 2. The number of nitrogens with one attached hydrogen (secondary N) is 1. The van der Waals surface area contributed by atoms with Crippen LogP contribution in [-0.4, -0.2) is 63.0 Å². The number of benzene rings is 1. The Morgan fingerprint density at radius 3 is 2.89 bits per heavy atom. The molecule has 9 nitrogen and oxygen atoms in total. The van der Waals surface area contributed by atoms with Crippen LogP contribution >= 0.6 is 0 Å². The summed E-state index contributed by atoms with van der Waals surface area (Å²) in [5.74, 6) is 6.38. The maximum atomic E-state index is 14.7. The first kappa shape index (κ1) is 22.8. The lowest BCUT2D eigenvalue weighted by atomic mass is 9.73. The molecule has 2 aliphatic rings. The summed E-state index contributed by atoms with van der Waals surface area (Å²) < 4.78 is 27.9. The van der Waals surface area contributed by atoms with Crippen LogP contribution in [0.25, 0.3) is 16.7 Å². The SMILES string of the molecule is CCOc1cccc(C#Cc2n[nH]c3nc(N4CCC5(CC4)CO[C@@H](C)[C@H]5N)n4ccnc4c23)c1F. The van der Waals surface area contributed by atoms with Crippen molar-refractivity contribution in [1.29, 1.82) is 0 Å². The Labute approximate surface area is 207 Å². The van der Waals surface area contributed by atoms with Gasteiger partial charge in [-0.2, -0.15) is 10.1 Å². The number of aromatic amines is 1. The number of hydrogen-bond acceptors (Lipinski definition) is 7. The van der Waals surface area contributed by atoms with Crippen LogP contribution < -0.4 is 15.4 Å². The largest absolute Gasteiger partial charge is 0.491 e. The van der Waals surface area contributed by atoms with E-state index in [1.165, 1.54) is 0 Å². The van der Waals surface area contributed by atoms with Gasteiger partial charge in [-0.15, -0.1) is 0 Å². The fraction of sp³-hybridized carbons (Fsp3) is 0.423. The third-order valence-corrected chi connectivity index (χ3v) is 7.51. The Morgan fingerprint density at radius 1 is 1.31 bits per heavy atom. The van der Waals surface area contributed by atoms with E-state index in [2.05, 4.69) is 38.8 Å². The molecule has 0 amide bonds. The summed E-state index contributed by atoms with van der Waals surface area (Å²) in [6.07, 6.45) is 5.61. The van der Waals surface area contributed by atoms with Gasteiger partial charge < -0.3 is 20.1 Å². The molecule has 5 heterocycles. The fourth-order valence-corrected chi connectivity index (χ4v) is 5.37. The molecule has 4 aromatic rings. The Kier molecular flexibility index (Phi) is 5.54. The third kappa shape index (κ3) is 3.58. The highest BCUT2D eigenvalue weighted by Crippen LogP contribution is 2.42. The lowest BCUT2D eigenvalue weighted by Crippen LogP contribution is -2.51. The highest BCUT2D eigenvalue weighted by atomic mass is 19.1. The molecule has 0 unspecified atom stereocenters. The molecule has 3 N–H and O–H groups in total. The third-order valence-electron chi connectivity index (χ3n) is 7.51. The van der Waals surface area contributed by atoms with E-state index >= 15 is 0 Å². The minimum absolute atomic E-state index is 0.0273. The van der Waals surface area contributed by atoms with Crippen LogP contribution in [0, 0.1) is 23.1 Å². The molecule has 1 spiro atoms. The van der Waals surface area contributed by atoms with E-state index in [0.29, 0.717) is 35.6 Å². The summed E-state index contributed by atoms with van der Waals surface area (Å²) in [5.41, 5.74) is 8.51. The van der Waals surface area contributed by atoms with Crippen molar-refractivity contribution in [2.24, 2.45) is 11.1 Å². The summed E-state index contributed by atoms with van der Waals surface area (Å²) in [7, 11) is 0. The summed E-state index contributed by atoms with van der Waals surface area (Å²) in [6.45, 7) is 6.61. The van der Waals surface area contributed by atoms with E-state index in [9.17, 15) is 4.39 Å². The molecule has 2 saturated heterocycles. The normalized spacial score (nSPS) is 21.3. The van der Waals surface area contributed by atoms with Crippen molar-refractivity contribution in [2.75, 3.05) is 31.2 Å². The number of H-pyrrole nitrogens is 1. The fourth-order valence-electron chi connectivity index (χ4n) is 5.37. The lowest BCUT2D eigenvalue weighted by Gasteiger charge is -2.41. The van der Waals surface area contributed by atoms with Crippen molar-refractivity contribution in [3.63, 3.8) is 0 Å². The van der Waals surface area contributed by atoms with Crippen LogP contribution in [0.1, 0.15) is 37.9 Å². The number of anilines is 1. The van der Waals surface area contributed by atoms with Crippen LogP contribution in [0.2, 0.25) is 0 Å². The van der Waals surface area contributed by atoms with Gasteiger partial charge in [0.15, 0.2) is 22.9 Å². The topological polar surface area (TPSA) is 107 Å². The van der Waals surface area contributed by atoms with Gasteiger partial charge >= 0.3 is 0 Å². The van der Waals surface area contributed by atoms with Crippen molar-refractivity contribution in [3.8, 4) is 17.6 Å². The van der Waals surface area contributed by atoms with Crippen LogP contribution in [0.5, 0.6) is 5.75 Å². The van der Waals surface area contributed by atoms with Gasteiger partial charge in [-0.3, -0.25) is 9.50 Å². The molecule has 0 aliphatic carbocycles. The van der Waals surface area contributed by atoms with Gasteiger partial charge in [-0.1, -0.05) is 12.0 Å². The van der Waals surface area contributed by atoms with E-state index in [0.717, 1.165) is 31.9 Å². The zero-order valence-electron chi connectivity index (χ0n) is 20.3. The highest BCUT2D eigenvalue weighted by molar-refractivity contribution is 5.94. The second-order valence-corrected chi connectivity index (χ2v) is 9.52. The molecular formula is C26H28FN7O2. The van der Waals surface area contributed by atoms with E-state index in [1.54, 1.807) is 24.4 Å². The number of nitrogens with zero attached hydrogens (tertiary/aromatic N) is 5. The molecule has 3 aromatic heterocycles. The van der Waals surface area contributed by atoms with E-state index in [-0.39, 0.29) is 28.9 Å². The van der Waals surface area contributed by atoms with Gasteiger partial charge in [0.05, 0.1) is 30.3 Å². The summed E-state index contributed by atoms with van der Waals surface area (Å²) in [4.78, 5) is 11.7. The second kappa shape index (κ2) is 8.76. The number of imidazole rings is 1. The van der Waals surface area contributed by atoms with Gasteiger partial charge in [0.1, 0.15) is 5.69 Å². The minimum atomic E-state index is -0.484. The van der Waals surface area contributed by atoms with Crippen molar-refractivity contribution in [2.45, 2.75) is 38.8 Å². The van der Waals surface area contributed by atoms with Gasteiger partial charge in [0, 0.05) is 36.9 Å². The van der Waals surface area contributed by atoms with Crippen molar-refractivity contribution in [3.05, 3.63) is 47.7 Å². The quantitative estimate of drug-likeness (QED) is 0.426. The van der Waals surface area contributed by atoms with E-state index in [1.807, 2.05) is 17.5 Å². The number of rotatable bonds is 3. The summed E-state index contributed by atoms with van der Waals surface area (Å²) in [5, 5.41) is 8.06.